The van der Waals surface area contributed by atoms with Crippen LogP contribution in [0.15, 0.2) is 78.9 Å². The van der Waals surface area contributed by atoms with Gasteiger partial charge in [0, 0.05) is 35.3 Å². The van der Waals surface area contributed by atoms with Crippen molar-refractivity contribution in [2.45, 2.75) is 105 Å². The largest absolute Gasteiger partial charge is 0.399 e. The van der Waals surface area contributed by atoms with Crippen LogP contribution >= 0.6 is 0 Å². The molecule has 9 nitrogen and oxygen atoms in total. The smallest absolute Gasteiger partial charge is 0.272 e. The fourth-order valence-electron chi connectivity index (χ4n) is 4.89. The third-order valence-corrected chi connectivity index (χ3v) is 7.60. The molecule has 0 aliphatic rings. The van der Waals surface area contributed by atoms with E-state index in [0.717, 1.165) is 17.3 Å². The molecule has 0 aromatic heterocycles. The van der Waals surface area contributed by atoms with Gasteiger partial charge >= 0.3 is 0 Å². The Morgan fingerprint density at radius 2 is 0.824 bits per heavy atom. The van der Waals surface area contributed by atoms with Gasteiger partial charge in [0.1, 0.15) is 11.6 Å². The lowest BCUT2D eigenvalue weighted by Crippen LogP contribution is -2.13. The summed E-state index contributed by atoms with van der Waals surface area (Å²) in [6, 6.07) is 21.2. The molecule has 4 aromatic rings. The van der Waals surface area contributed by atoms with Gasteiger partial charge < -0.3 is 17.2 Å². The summed E-state index contributed by atoms with van der Waals surface area (Å²) < 4.78 is 26.7. The Morgan fingerprint density at radius 1 is 0.471 bits per heavy atom. The van der Waals surface area contributed by atoms with Crippen LogP contribution in [0, 0.1) is 31.9 Å². The molecule has 4 aromatic carbocycles. The zero-order valence-electron chi connectivity index (χ0n) is 32.0. The molecule has 0 saturated heterocycles. The van der Waals surface area contributed by atoms with Crippen molar-refractivity contribution < 1.29 is 18.6 Å². The van der Waals surface area contributed by atoms with Crippen molar-refractivity contribution in [3.05, 3.63) is 133 Å². The van der Waals surface area contributed by atoms with E-state index in [0.29, 0.717) is 22.5 Å². The van der Waals surface area contributed by atoms with Gasteiger partial charge in [-0.1, -0.05) is 107 Å². The lowest BCUT2D eigenvalue weighted by atomic mass is 9.86. The monoisotopic (exact) mass is 707 g/mol. The van der Waals surface area contributed by atoms with Crippen molar-refractivity contribution in [2.24, 2.45) is 0 Å². The number of benzene rings is 4. The number of nitrogens with zero attached hydrogens (tertiary/aromatic N) is 2. The van der Waals surface area contributed by atoms with E-state index >= 15 is 0 Å². The molecule has 0 bridgehead atoms. The van der Waals surface area contributed by atoms with Gasteiger partial charge in [0.15, 0.2) is 0 Å². The second-order valence-corrected chi connectivity index (χ2v) is 16.3. The van der Waals surface area contributed by atoms with Crippen LogP contribution in [0.2, 0.25) is 0 Å². The maximum Gasteiger partial charge on any atom is 0.272 e. The molecule has 0 heterocycles. The first-order valence-corrected chi connectivity index (χ1v) is 16.5. The van der Waals surface area contributed by atoms with Gasteiger partial charge in [0.25, 0.3) is 11.4 Å². The summed E-state index contributed by atoms with van der Waals surface area (Å²) in [6.07, 6.45) is 0. The molecule has 4 rings (SSSR count). The van der Waals surface area contributed by atoms with E-state index in [9.17, 15) is 29.0 Å². The summed E-state index contributed by atoms with van der Waals surface area (Å²) in [6.45, 7) is 24.0. The van der Waals surface area contributed by atoms with E-state index in [-0.39, 0.29) is 38.9 Å². The van der Waals surface area contributed by atoms with Gasteiger partial charge in [0.2, 0.25) is 0 Å². The molecule has 0 saturated carbocycles. The molecule has 0 atom stereocenters. The Kier molecular flexibility index (Phi) is 14.9. The molecule has 0 amide bonds. The third-order valence-electron chi connectivity index (χ3n) is 7.60. The second-order valence-electron chi connectivity index (χ2n) is 16.3. The predicted molar refractivity (Wildman–Crippen MR) is 207 cm³/mol. The standard InChI is InChI=1S/C10H12FNO2.C10H14FN.C10H14N2O2.C10H15N/c1-10(2,3)8-5-4-7(12(13)14)6-9(8)11;1-10(2,3)8-5-4-7(12)6-9(8)11;1-10(2,3)8-5-4-7(12(13)14)6-9(8)11;1-10(2,3)8-6-4-5-7-9(8)11/h4-6H,1-3H3;4-6H,12H2,1-3H3;4-6H,11H2,1-3H3;4-7H,11H2,1-3H3. The molecule has 0 fully saturated rings. The van der Waals surface area contributed by atoms with E-state index in [1.807, 2.05) is 80.5 Å². The number of rotatable bonds is 2. The van der Waals surface area contributed by atoms with Crippen LogP contribution in [-0.2, 0) is 21.7 Å². The van der Waals surface area contributed by atoms with Gasteiger partial charge in [-0.25, -0.2) is 8.78 Å². The summed E-state index contributed by atoms with van der Waals surface area (Å²) in [5.74, 6) is -0.741. The minimum atomic E-state index is -0.602. The van der Waals surface area contributed by atoms with Crippen molar-refractivity contribution in [3.63, 3.8) is 0 Å². The molecule has 0 aliphatic carbocycles. The van der Waals surface area contributed by atoms with Crippen LogP contribution in [0.3, 0.4) is 0 Å². The molecular weight excluding hydrogens is 652 g/mol. The van der Waals surface area contributed by atoms with Crippen LogP contribution in [0.5, 0.6) is 0 Å². The van der Waals surface area contributed by atoms with Crippen LogP contribution in [0.25, 0.3) is 0 Å². The van der Waals surface area contributed by atoms with Crippen molar-refractivity contribution in [1.29, 1.82) is 0 Å². The van der Waals surface area contributed by atoms with E-state index in [1.54, 1.807) is 18.2 Å². The van der Waals surface area contributed by atoms with Crippen LogP contribution in [-0.4, -0.2) is 9.85 Å². The number of nitro benzene ring substituents is 2. The first-order valence-electron chi connectivity index (χ1n) is 16.5. The zero-order chi connectivity index (χ0) is 39.7. The fraction of sp³-hybridized carbons (Fsp3) is 0.400. The van der Waals surface area contributed by atoms with Crippen molar-refractivity contribution in [3.8, 4) is 0 Å². The van der Waals surface area contributed by atoms with Gasteiger partial charge in [0.05, 0.1) is 15.9 Å². The lowest BCUT2D eigenvalue weighted by molar-refractivity contribution is -0.385. The molecule has 0 aliphatic heterocycles. The highest BCUT2D eigenvalue weighted by molar-refractivity contribution is 5.56. The third kappa shape index (κ3) is 14.0. The molecule has 0 unspecified atom stereocenters. The summed E-state index contributed by atoms with van der Waals surface area (Å²) in [4.78, 5) is 19.8. The molecule has 0 spiro atoms. The Labute approximate surface area is 301 Å². The molecular formula is C40H55F2N5O4. The summed E-state index contributed by atoms with van der Waals surface area (Å²) >= 11 is 0. The Morgan fingerprint density at radius 3 is 1.16 bits per heavy atom. The Bertz CT molecular complexity index is 1730. The van der Waals surface area contributed by atoms with E-state index < -0.39 is 15.7 Å². The number of nitro groups is 2. The molecule has 51 heavy (non-hydrogen) atoms. The minimum Gasteiger partial charge on any atom is -0.399 e. The van der Waals surface area contributed by atoms with Crippen LogP contribution < -0.4 is 17.2 Å². The molecule has 0 radical (unpaired) electrons. The van der Waals surface area contributed by atoms with Crippen LogP contribution in [0.4, 0.5) is 37.2 Å². The highest BCUT2D eigenvalue weighted by Gasteiger charge is 2.21. The fourth-order valence-corrected chi connectivity index (χ4v) is 4.89. The van der Waals surface area contributed by atoms with Crippen LogP contribution in [0.1, 0.15) is 105 Å². The number of nitrogen functional groups attached to an aromatic ring is 3. The van der Waals surface area contributed by atoms with Gasteiger partial charge in [-0.2, -0.15) is 0 Å². The topological polar surface area (TPSA) is 164 Å². The summed E-state index contributed by atoms with van der Waals surface area (Å²) in [5.41, 5.74) is 21.6. The molecule has 278 valence electrons. The number of nitrogens with two attached hydrogens (primary N) is 3. The number of anilines is 3. The molecule has 6 N–H and O–H groups in total. The maximum absolute atomic E-state index is 13.4. The minimum absolute atomic E-state index is 0.0375. The van der Waals surface area contributed by atoms with Crippen molar-refractivity contribution in [2.75, 3.05) is 17.2 Å². The normalized spacial score (nSPS) is 11.5. The van der Waals surface area contributed by atoms with Gasteiger partial charge in [-0.15, -0.1) is 0 Å². The predicted octanol–water partition coefficient (Wildman–Crippen LogP) is 10.8. The SMILES string of the molecule is CC(C)(C)c1ccc(N)cc1F.CC(C)(C)c1ccc([N+](=O)[O-])cc1F.CC(C)(C)c1ccc([N+](=O)[O-])cc1N.CC(C)(C)c1ccccc1N. The van der Waals surface area contributed by atoms with Crippen molar-refractivity contribution in [1.82, 2.24) is 0 Å². The summed E-state index contributed by atoms with van der Waals surface area (Å²) in [5, 5.41) is 20.8. The highest BCUT2D eigenvalue weighted by Crippen LogP contribution is 2.31. The Balaban J connectivity index is 0.000000342. The van der Waals surface area contributed by atoms with Gasteiger partial charge in [-0.3, -0.25) is 20.2 Å². The first-order chi connectivity index (χ1) is 23.1. The van der Waals surface area contributed by atoms with Gasteiger partial charge in [-0.05, 0) is 74.2 Å². The van der Waals surface area contributed by atoms with E-state index in [1.165, 1.54) is 35.9 Å². The van der Waals surface area contributed by atoms with E-state index in [4.69, 9.17) is 17.2 Å². The maximum atomic E-state index is 13.4. The van der Waals surface area contributed by atoms with Crippen molar-refractivity contribution >= 4 is 28.4 Å². The zero-order valence-corrected chi connectivity index (χ0v) is 32.0. The number of non-ortho nitro benzene ring substituents is 2. The quantitative estimate of drug-likeness (QED) is 0.106. The first kappa shape index (κ1) is 44.0. The second kappa shape index (κ2) is 17.2. The molecule has 11 heteroatoms. The number of para-hydroxylation sites is 1. The number of hydrogen-bond donors (Lipinski definition) is 3. The lowest BCUT2D eigenvalue weighted by Gasteiger charge is -2.20. The number of hydrogen-bond acceptors (Lipinski definition) is 7. The summed E-state index contributed by atoms with van der Waals surface area (Å²) in [7, 11) is 0. The average molecular weight is 708 g/mol. The number of halogens is 2. The Hall–Kier alpha value is -5.06. The average Bonchev–Trinajstić information content (AvgIpc) is 2.95. The van der Waals surface area contributed by atoms with E-state index in [2.05, 4.69) is 26.8 Å². The highest BCUT2D eigenvalue weighted by atomic mass is 19.1.